The number of aromatic nitrogens is 1. The summed E-state index contributed by atoms with van der Waals surface area (Å²) in [7, 11) is 3.63. The van der Waals surface area contributed by atoms with Crippen LogP contribution < -0.4 is 4.74 Å². The van der Waals surface area contributed by atoms with Gasteiger partial charge in [-0.1, -0.05) is 75.1 Å². The summed E-state index contributed by atoms with van der Waals surface area (Å²) in [6, 6.07) is 17.4. The van der Waals surface area contributed by atoms with Crippen molar-refractivity contribution in [1.29, 1.82) is 0 Å². The molecular weight excluding hydrogens is 448 g/mol. The second-order valence-corrected chi connectivity index (χ2v) is 10.7. The molecule has 0 saturated carbocycles. The van der Waals surface area contributed by atoms with Gasteiger partial charge in [0.2, 0.25) is 0 Å². The van der Waals surface area contributed by atoms with E-state index in [9.17, 15) is 10.2 Å². The van der Waals surface area contributed by atoms with Gasteiger partial charge in [-0.05, 0) is 43.1 Å². The molecule has 0 bridgehead atoms. The molecule has 1 aliphatic rings. The van der Waals surface area contributed by atoms with Crippen LogP contribution in [-0.4, -0.2) is 47.3 Å². The lowest BCUT2D eigenvalue weighted by Crippen LogP contribution is -2.63. The van der Waals surface area contributed by atoms with Gasteiger partial charge < -0.3 is 19.8 Å². The molecule has 2 heterocycles. The molecule has 3 aromatic rings. The summed E-state index contributed by atoms with van der Waals surface area (Å²) >= 11 is 0. The second kappa shape index (κ2) is 9.71. The number of nitrogens with zero attached hydrogens (tertiary/aromatic N) is 2. The molecular formula is C31H36N2O3. The van der Waals surface area contributed by atoms with Crippen LogP contribution in [0.5, 0.6) is 5.75 Å². The third-order valence-electron chi connectivity index (χ3n) is 7.34. The van der Waals surface area contributed by atoms with Crippen molar-refractivity contribution in [2.75, 3.05) is 27.2 Å². The van der Waals surface area contributed by atoms with Crippen molar-refractivity contribution in [2.24, 2.45) is 5.41 Å². The lowest BCUT2D eigenvalue weighted by Gasteiger charge is -2.55. The topological polar surface area (TPSA) is 65.8 Å². The number of rotatable bonds is 6. The van der Waals surface area contributed by atoms with E-state index in [0.717, 1.165) is 18.7 Å². The Bertz CT molecular complexity index is 1280. The summed E-state index contributed by atoms with van der Waals surface area (Å²) in [4.78, 5) is 6.64. The van der Waals surface area contributed by atoms with Crippen molar-refractivity contribution in [3.05, 3.63) is 94.8 Å². The average Bonchev–Trinajstić information content (AvgIpc) is 2.86. The predicted molar refractivity (Wildman–Crippen MR) is 143 cm³/mol. The minimum absolute atomic E-state index is 0.391. The van der Waals surface area contributed by atoms with Crippen LogP contribution in [0.3, 0.4) is 0 Å². The zero-order valence-electron chi connectivity index (χ0n) is 22.0. The van der Waals surface area contributed by atoms with Crippen molar-refractivity contribution >= 4 is 0 Å². The molecule has 1 aromatic heterocycles. The van der Waals surface area contributed by atoms with Crippen LogP contribution in [0.4, 0.5) is 0 Å². The third-order valence-corrected chi connectivity index (χ3v) is 7.34. The quantitative estimate of drug-likeness (QED) is 0.498. The average molecular weight is 485 g/mol. The molecule has 0 radical (unpaired) electrons. The maximum Gasteiger partial charge on any atom is 0.152 e. The van der Waals surface area contributed by atoms with Gasteiger partial charge in [-0.2, -0.15) is 0 Å². The van der Waals surface area contributed by atoms with Gasteiger partial charge in [0.05, 0.1) is 7.11 Å². The normalized spacial score (nSPS) is 18.4. The van der Waals surface area contributed by atoms with E-state index in [2.05, 4.69) is 61.7 Å². The maximum absolute atomic E-state index is 12.4. The Balaban J connectivity index is 1.75. The molecule has 5 nitrogen and oxygen atoms in total. The summed E-state index contributed by atoms with van der Waals surface area (Å²) in [5.41, 5.74) is 0.923. The van der Waals surface area contributed by atoms with Crippen molar-refractivity contribution < 1.29 is 14.9 Å². The van der Waals surface area contributed by atoms with Gasteiger partial charge in [-0.15, -0.1) is 0 Å². The van der Waals surface area contributed by atoms with Crippen LogP contribution in [0.15, 0.2) is 67.0 Å². The molecule has 188 valence electrons. The van der Waals surface area contributed by atoms with Gasteiger partial charge in [0.1, 0.15) is 11.4 Å². The fourth-order valence-electron chi connectivity index (χ4n) is 5.36. The molecule has 1 fully saturated rings. The van der Waals surface area contributed by atoms with E-state index in [4.69, 9.17) is 4.74 Å². The number of likely N-dealkylation sites (tertiary alicyclic amines) is 1. The van der Waals surface area contributed by atoms with Crippen LogP contribution in [0.1, 0.15) is 61.4 Å². The largest absolute Gasteiger partial charge is 0.496 e. The van der Waals surface area contributed by atoms with E-state index in [1.807, 2.05) is 30.3 Å². The number of hydrogen-bond donors (Lipinski definition) is 2. The Kier molecular flexibility index (Phi) is 6.99. The fraction of sp³-hybridized carbons (Fsp3) is 0.387. The summed E-state index contributed by atoms with van der Waals surface area (Å²) in [6.45, 7) is 9.60. The van der Waals surface area contributed by atoms with Crippen LogP contribution in [-0.2, 0) is 11.2 Å². The number of ether oxygens (including phenoxy) is 1. The molecule has 2 aromatic carbocycles. The first-order valence-corrected chi connectivity index (χ1v) is 12.4. The first-order valence-electron chi connectivity index (χ1n) is 12.4. The summed E-state index contributed by atoms with van der Waals surface area (Å²) in [5.74, 6) is 7.04. The van der Waals surface area contributed by atoms with E-state index in [-0.39, 0.29) is 0 Å². The Morgan fingerprint density at radius 1 is 1.03 bits per heavy atom. The monoisotopic (exact) mass is 484 g/mol. The van der Waals surface area contributed by atoms with Gasteiger partial charge in [0, 0.05) is 47.6 Å². The van der Waals surface area contributed by atoms with Crippen molar-refractivity contribution in [3.63, 3.8) is 0 Å². The molecule has 0 aliphatic carbocycles. The van der Waals surface area contributed by atoms with Crippen molar-refractivity contribution in [2.45, 2.75) is 44.8 Å². The minimum atomic E-state index is -1.42. The Labute approximate surface area is 214 Å². The van der Waals surface area contributed by atoms with Crippen molar-refractivity contribution in [3.8, 4) is 17.6 Å². The van der Waals surface area contributed by atoms with Crippen LogP contribution in [0, 0.1) is 17.3 Å². The molecule has 5 heteroatoms. The number of methoxy groups -OCH3 is 1. The first-order chi connectivity index (χ1) is 17.0. The molecule has 2 unspecified atom stereocenters. The SMILES string of the molecule is COc1ccccc1C(C)(O)C#Cc1cncc(C(O)(c2ccc(C(C)C)cc2)C2(C)CN(C)C2)c1. The molecule has 0 amide bonds. The number of hydrogen-bond acceptors (Lipinski definition) is 5. The molecule has 1 saturated heterocycles. The lowest BCUT2D eigenvalue weighted by atomic mass is 9.62. The molecule has 2 N–H and O–H groups in total. The first kappa shape index (κ1) is 25.9. The summed E-state index contributed by atoms with van der Waals surface area (Å²) in [6.07, 6.45) is 3.38. The molecule has 2 atom stereocenters. The highest BCUT2D eigenvalue weighted by molar-refractivity contribution is 5.47. The van der Waals surface area contributed by atoms with Gasteiger partial charge in [0.25, 0.3) is 0 Å². The molecule has 4 rings (SSSR count). The van der Waals surface area contributed by atoms with Crippen LogP contribution in [0.25, 0.3) is 0 Å². The highest BCUT2D eigenvalue weighted by Gasteiger charge is 2.55. The maximum atomic E-state index is 12.4. The Hall–Kier alpha value is -3.17. The number of benzene rings is 2. The third kappa shape index (κ3) is 4.65. The van der Waals surface area contributed by atoms with Gasteiger partial charge in [-0.3, -0.25) is 4.98 Å². The van der Waals surface area contributed by atoms with E-state index in [1.165, 1.54) is 5.56 Å². The number of aliphatic hydroxyl groups is 2. The van der Waals surface area contributed by atoms with Gasteiger partial charge in [0.15, 0.2) is 5.60 Å². The van der Waals surface area contributed by atoms with E-state index >= 15 is 0 Å². The lowest BCUT2D eigenvalue weighted by molar-refractivity contribution is -0.127. The smallest absolute Gasteiger partial charge is 0.152 e. The summed E-state index contributed by atoms with van der Waals surface area (Å²) < 4.78 is 5.41. The zero-order valence-corrected chi connectivity index (χ0v) is 22.0. The minimum Gasteiger partial charge on any atom is -0.496 e. The van der Waals surface area contributed by atoms with Gasteiger partial charge in [-0.25, -0.2) is 0 Å². The standard InChI is InChI=1S/C31H36N2O3/c1-22(2)24-11-13-25(14-12-24)31(35,29(3)20-33(5)21-29)26-17-23(18-32-19-26)15-16-30(4,34)27-9-7-8-10-28(27)36-6/h7-14,17-19,22,34-35H,20-21H2,1-6H3. The van der Waals surface area contributed by atoms with Crippen LogP contribution in [0.2, 0.25) is 0 Å². The molecule has 1 aliphatic heterocycles. The van der Waals surface area contributed by atoms with E-state index in [1.54, 1.807) is 38.6 Å². The fourth-order valence-corrected chi connectivity index (χ4v) is 5.36. The van der Waals surface area contributed by atoms with E-state index < -0.39 is 16.6 Å². The summed E-state index contributed by atoms with van der Waals surface area (Å²) in [5, 5.41) is 23.5. The predicted octanol–water partition coefficient (Wildman–Crippen LogP) is 4.66. The zero-order chi connectivity index (χ0) is 26.1. The van der Waals surface area contributed by atoms with Crippen LogP contribution >= 0.6 is 0 Å². The Morgan fingerprint density at radius 3 is 2.31 bits per heavy atom. The van der Waals surface area contributed by atoms with Crippen molar-refractivity contribution in [1.82, 2.24) is 9.88 Å². The van der Waals surface area contributed by atoms with Gasteiger partial charge >= 0.3 is 0 Å². The molecule has 36 heavy (non-hydrogen) atoms. The highest BCUT2D eigenvalue weighted by atomic mass is 16.5. The highest BCUT2D eigenvalue weighted by Crippen LogP contribution is 2.50. The molecule has 0 spiro atoms. The number of para-hydroxylation sites is 1. The second-order valence-electron chi connectivity index (χ2n) is 10.7. The number of pyridine rings is 1. The van der Waals surface area contributed by atoms with E-state index in [0.29, 0.717) is 28.4 Å². The Morgan fingerprint density at radius 2 is 1.69 bits per heavy atom.